The van der Waals surface area contributed by atoms with E-state index in [9.17, 15) is 38.7 Å². The number of rotatable bonds is 16. The minimum Gasteiger partial charge on any atom is -0.481 e. The van der Waals surface area contributed by atoms with Gasteiger partial charge in [0, 0.05) is 18.6 Å². The summed E-state index contributed by atoms with van der Waals surface area (Å²) in [6.07, 6.45) is -2.40. The minimum absolute atomic E-state index is 0.280. The van der Waals surface area contributed by atoms with Gasteiger partial charge >= 0.3 is 17.9 Å². The highest BCUT2D eigenvalue weighted by Gasteiger charge is 2.30. The van der Waals surface area contributed by atoms with E-state index in [1.54, 1.807) is 0 Å². The molecule has 0 aliphatic carbocycles. The highest BCUT2D eigenvalue weighted by Crippen LogP contribution is 2.04. The molecular weight excluding hydrogens is 466 g/mol. The molecule has 0 bridgehead atoms. The Morgan fingerprint density at radius 1 is 0.727 bits per heavy atom. The summed E-state index contributed by atoms with van der Waals surface area (Å²) in [5.74, 6) is -8.20. The van der Waals surface area contributed by atoms with Gasteiger partial charge in [0.2, 0.25) is 23.6 Å². The van der Waals surface area contributed by atoms with E-state index >= 15 is 0 Å². The molecule has 0 rings (SSSR count). The van der Waals surface area contributed by atoms with Crippen molar-refractivity contribution >= 4 is 54.2 Å². The molecule has 0 saturated carbocycles. The lowest BCUT2D eigenvalue weighted by atomic mass is 10.1. The van der Waals surface area contributed by atoms with Crippen molar-refractivity contribution in [3.63, 3.8) is 0 Å². The van der Waals surface area contributed by atoms with Crippen molar-refractivity contribution in [3.05, 3.63) is 0 Å². The third kappa shape index (κ3) is 12.3. The zero-order chi connectivity index (χ0) is 25.7. The molecular formula is C17H27N5O10S. The summed E-state index contributed by atoms with van der Waals surface area (Å²) in [6, 6.07) is -5.87. The van der Waals surface area contributed by atoms with Crippen molar-refractivity contribution in [1.82, 2.24) is 16.0 Å². The molecule has 4 amide bonds. The van der Waals surface area contributed by atoms with Gasteiger partial charge in [-0.15, -0.1) is 0 Å². The summed E-state index contributed by atoms with van der Waals surface area (Å²) in [6.45, 7) is 0. The quantitative estimate of drug-likeness (QED) is 0.0947. The van der Waals surface area contributed by atoms with Gasteiger partial charge in [-0.2, -0.15) is 12.6 Å². The van der Waals surface area contributed by atoms with E-state index in [2.05, 4.69) is 28.6 Å². The molecule has 0 aromatic heterocycles. The van der Waals surface area contributed by atoms with Crippen molar-refractivity contribution in [2.75, 3.05) is 5.75 Å². The number of carboxylic acids is 3. The van der Waals surface area contributed by atoms with Crippen LogP contribution in [0.25, 0.3) is 0 Å². The number of hydrogen-bond donors (Lipinski definition) is 9. The fourth-order valence-electron chi connectivity index (χ4n) is 2.38. The maximum atomic E-state index is 12.5. The monoisotopic (exact) mass is 493 g/mol. The molecule has 4 unspecified atom stereocenters. The van der Waals surface area contributed by atoms with Crippen LogP contribution in [0.15, 0.2) is 0 Å². The number of nitrogens with one attached hydrogen (secondary N) is 3. The maximum Gasteiger partial charge on any atom is 0.326 e. The Labute approximate surface area is 193 Å². The number of carbonyl (C=O) groups is 7. The van der Waals surface area contributed by atoms with Crippen molar-refractivity contribution in [1.29, 1.82) is 0 Å². The van der Waals surface area contributed by atoms with Gasteiger partial charge in [0.1, 0.15) is 18.1 Å². The van der Waals surface area contributed by atoms with Crippen LogP contribution >= 0.6 is 12.6 Å². The third-order valence-electron chi connectivity index (χ3n) is 4.12. The molecule has 0 aliphatic rings. The van der Waals surface area contributed by atoms with Crippen molar-refractivity contribution in [2.24, 2.45) is 11.5 Å². The average molecular weight is 493 g/mol. The molecule has 4 atom stereocenters. The van der Waals surface area contributed by atoms with E-state index in [4.69, 9.17) is 21.7 Å². The number of nitrogens with two attached hydrogens (primary N) is 2. The molecule has 0 aliphatic heterocycles. The summed E-state index contributed by atoms with van der Waals surface area (Å²) < 4.78 is 0. The van der Waals surface area contributed by atoms with E-state index in [0.717, 1.165) is 0 Å². The second kappa shape index (κ2) is 14.6. The molecule has 0 saturated heterocycles. The van der Waals surface area contributed by atoms with E-state index in [0.29, 0.717) is 0 Å². The van der Waals surface area contributed by atoms with Crippen LogP contribution in [0.1, 0.15) is 32.1 Å². The number of hydrogen-bond acceptors (Lipinski definition) is 9. The molecule has 186 valence electrons. The van der Waals surface area contributed by atoms with Crippen LogP contribution in [0, 0.1) is 0 Å². The Balaban J connectivity index is 5.36. The van der Waals surface area contributed by atoms with Crippen LogP contribution in [0.4, 0.5) is 0 Å². The second-order valence-corrected chi connectivity index (χ2v) is 7.21. The molecule has 0 heterocycles. The Morgan fingerprint density at radius 2 is 1.21 bits per heavy atom. The summed E-state index contributed by atoms with van der Waals surface area (Å²) in [5, 5.41) is 33.0. The second-order valence-electron chi connectivity index (χ2n) is 6.85. The Morgan fingerprint density at radius 3 is 1.67 bits per heavy atom. The lowest BCUT2D eigenvalue weighted by Gasteiger charge is -2.24. The molecule has 0 spiro atoms. The molecule has 0 aromatic carbocycles. The van der Waals surface area contributed by atoms with Crippen LogP contribution < -0.4 is 27.4 Å². The topological polar surface area (TPSA) is 268 Å². The SMILES string of the molecule is NC(=O)CCC(NC(=O)C(CS)NC(=O)C(N)CC(=O)O)C(=O)NC(CCC(=O)O)C(=O)O. The number of thiol groups is 1. The van der Waals surface area contributed by atoms with Gasteiger partial charge < -0.3 is 42.7 Å². The van der Waals surface area contributed by atoms with E-state index in [1.807, 2.05) is 0 Å². The highest BCUT2D eigenvalue weighted by atomic mass is 32.1. The van der Waals surface area contributed by atoms with Crippen LogP contribution in [-0.4, -0.2) is 86.8 Å². The fourth-order valence-corrected chi connectivity index (χ4v) is 2.64. The van der Waals surface area contributed by atoms with Crippen molar-refractivity contribution in [2.45, 2.75) is 56.3 Å². The van der Waals surface area contributed by atoms with Gasteiger partial charge in [0.05, 0.1) is 12.5 Å². The molecule has 10 N–H and O–H groups in total. The first-order chi connectivity index (χ1) is 15.3. The van der Waals surface area contributed by atoms with Crippen molar-refractivity contribution < 1.29 is 48.9 Å². The Hall–Kier alpha value is -3.40. The Bertz CT molecular complexity index is 777. The molecule has 33 heavy (non-hydrogen) atoms. The van der Waals surface area contributed by atoms with Gasteiger partial charge in [-0.25, -0.2) is 4.79 Å². The summed E-state index contributed by atoms with van der Waals surface area (Å²) in [7, 11) is 0. The number of amides is 4. The predicted octanol–water partition coefficient (Wildman–Crippen LogP) is -3.61. The average Bonchev–Trinajstić information content (AvgIpc) is 2.70. The van der Waals surface area contributed by atoms with Crippen molar-refractivity contribution in [3.8, 4) is 0 Å². The van der Waals surface area contributed by atoms with Gasteiger partial charge in [-0.05, 0) is 12.8 Å². The van der Waals surface area contributed by atoms with E-state index in [1.165, 1.54) is 0 Å². The zero-order valence-electron chi connectivity index (χ0n) is 17.4. The van der Waals surface area contributed by atoms with Crippen LogP contribution in [0.3, 0.4) is 0 Å². The summed E-state index contributed by atoms with van der Waals surface area (Å²) in [5.41, 5.74) is 10.5. The minimum atomic E-state index is -1.59. The number of aliphatic carboxylic acids is 3. The zero-order valence-corrected chi connectivity index (χ0v) is 18.2. The summed E-state index contributed by atoms with van der Waals surface area (Å²) >= 11 is 3.92. The third-order valence-corrected chi connectivity index (χ3v) is 4.49. The lowest BCUT2D eigenvalue weighted by molar-refractivity contribution is -0.143. The van der Waals surface area contributed by atoms with Gasteiger partial charge in [0.15, 0.2) is 0 Å². The first-order valence-electron chi connectivity index (χ1n) is 9.50. The van der Waals surface area contributed by atoms with Gasteiger partial charge in [-0.3, -0.25) is 28.8 Å². The molecule has 0 fully saturated rings. The largest absolute Gasteiger partial charge is 0.481 e. The molecule has 15 nitrogen and oxygen atoms in total. The number of primary amides is 1. The normalized spacial score (nSPS) is 14.1. The molecule has 16 heteroatoms. The van der Waals surface area contributed by atoms with Crippen LogP contribution in [-0.2, 0) is 33.6 Å². The maximum absolute atomic E-state index is 12.5. The van der Waals surface area contributed by atoms with E-state index < -0.39 is 85.0 Å². The predicted molar refractivity (Wildman–Crippen MR) is 113 cm³/mol. The smallest absolute Gasteiger partial charge is 0.326 e. The first kappa shape index (κ1) is 29.6. The van der Waals surface area contributed by atoms with E-state index in [-0.39, 0.29) is 18.6 Å². The standard InChI is InChI=1S/C17H27N5O10S/c18-7(5-13(26)27)14(28)22-10(6-33)16(30)20-8(1-3-11(19)23)15(29)21-9(17(31)32)2-4-12(24)25/h7-10,33H,1-6,18H2,(H2,19,23)(H,20,30)(H,21,29)(H,22,28)(H,24,25)(H,26,27)(H,31,32). The van der Waals surface area contributed by atoms with Crippen LogP contribution in [0.5, 0.6) is 0 Å². The fraction of sp³-hybridized carbons (Fsp3) is 0.588. The number of carbonyl (C=O) groups excluding carboxylic acids is 4. The molecule has 0 radical (unpaired) electrons. The highest BCUT2D eigenvalue weighted by molar-refractivity contribution is 7.80. The van der Waals surface area contributed by atoms with Gasteiger partial charge in [0.25, 0.3) is 0 Å². The van der Waals surface area contributed by atoms with Crippen LogP contribution in [0.2, 0.25) is 0 Å². The summed E-state index contributed by atoms with van der Waals surface area (Å²) in [4.78, 5) is 80.8. The lowest BCUT2D eigenvalue weighted by Crippen LogP contribution is -2.57. The first-order valence-corrected chi connectivity index (χ1v) is 10.1. The molecule has 0 aromatic rings. The Kier molecular flexibility index (Phi) is 13.1. The van der Waals surface area contributed by atoms with Gasteiger partial charge in [-0.1, -0.05) is 0 Å². The number of carboxylic acid groups (broad SMARTS) is 3.